The highest BCUT2D eigenvalue weighted by Gasteiger charge is 2.14. The van der Waals surface area contributed by atoms with Crippen LogP contribution in [0.25, 0.3) is 0 Å². The van der Waals surface area contributed by atoms with E-state index in [1.807, 2.05) is 6.92 Å². The SMILES string of the molecule is CCCCCCOc1ccc(C(=O)Oc2cccc(C(=O)OCCC)c2)cc1Br. The quantitative estimate of drug-likeness (QED) is 0.226. The first kappa shape index (κ1) is 22.9. The number of halogens is 1. The Labute approximate surface area is 180 Å². The van der Waals surface area contributed by atoms with Gasteiger partial charge in [-0.1, -0.05) is 39.2 Å². The molecule has 0 N–H and O–H groups in total. The highest BCUT2D eigenvalue weighted by molar-refractivity contribution is 9.10. The molecule has 0 aliphatic heterocycles. The van der Waals surface area contributed by atoms with Gasteiger partial charge in [-0.2, -0.15) is 0 Å². The summed E-state index contributed by atoms with van der Waals surface area (Å²) >= 11 is 3.44. The van der Waals surface area contributed by atoms with E-state index >= 15 is 0 Å². The second-order valence-electron chi connectivity index (χ2n) is 6.61. The van der Waals surface area contributed by atoms with Crippen molar-refractivity contribution in [3.63, 3.8) is 0 Å². The number of ether oxygens (including phenoxy) is 3. The van der Waals surface area contributed by atoms with Crippen LogP contribution in [0, 0.1) is 0 Å². The molecule has 0 saturated carbocycles. The molecule has 0 bridgehead atoms. The monoisotopic (exact) mass is 462 g/mol. The van der Waals surface area contributed by atoms with Crippen LogP contribution in [-0.2, 0) is 4.74 Å². The van der Waals surface area contributed by atoms with Gasteiger partial charge in [0.15, 0.2) is 0 Å². The highest BCUT2D eigenvalue weighted by atomic mass is 79.9. The third kappa shape index (κ3) is 7.54. The molecule has 0 heterocycles. The van der Waals surface area contributed by atoms with E-state index in [4.69, 9.17) is 14.2 Å². The van der Waals surface area contributed by atoms with Gasteiger partial charge in [0.05, 0.1) is 28.8 Å². The normalized spacial score (nSPS) is 10.4. The van der Waals surface area contributed by atoms with Crippen molar-refractivity contribution in [1.29, 1.82) is 0 Å². The standard InChI is InChI=1S/C23H27BrO5/c1-3-5-6-7-14-27-21-12-11-18(16-20(21)24)23(26)29-19-10-8-9-17(15-19)22(25)28-13-4-2/h8-12,15-16H,3-7,13-14H2,1-2H3. The fraction of sp³-hybridized carbons (Fsp3) is 0.391. The maximum atomic E-state index is 12.5. The fourth-order valence-electron chi connectivity index (χ4n) is 2.59. The number of hydrogen-bond acceptors (Lipinski definition) is 5. The van der Waals surface area contributed by atoms with Crippen LogP contribution < -0.4 is 9.47 Å². The zero-order valence-corrected chi connectivity index (χ0v) is 18.5. The highest BCUT2D eigenvalue weighted by Crippen LogP contribution is 2.27. The molecular weight excluding hydrogens is 436 g/mol. The van der Waals surface area contributed by atoms with Crippen LogP contribution in [-0.4, -0.2) is 25.2 Å². The fourth-order valence-corrected chi connectivity index (χ4v) is 3.08. The van der Waals surface area contributed by atoms with Gasteiger partial charge in [0.2, 0.25) is 0 Å². The lowest BCUT2D eigenvalue weighted by Gasteiger charge is -2.10. The van der Waals surface area contributed by atoms with E-state index in [0.717, 1.165) is 19.3 Å². The van der Waals surface area contributed by atoms with Crippen LogP contribution in [0.5, 0.6) is 11.5 Å². The van der Waals surface area contributed by atoms with Gasteiger partial charge >= 0.3 is 11.9 Å². The zero-order chi connectivity index (χ0) is 21.1. The van der Waals surface area contributed by atoms with Crippen molar-refractivity contribution < 1.29 is 23.8 Å². The second-order valence-corrected chi connectivity index (χ2v) is 7.46. The Morgan fingerprint density at radius 2 is 1.66 bits per heavy atom. The molecule has 0 aliphatic rings. The topological polar surface area (TPSA) is 61.8 Å². The van der Waals surface area contributed by atoms with Crippen molar-refractivity contribution in [2.75, 3.05) is 13.2 Å². The Morgan fingerprint density at radius 3 is 2.38 bits per heavy atom. The first-order chi connectivity index (χ1) is 14.0. The molecule has 2 aromatic carbocycles. The van der Waals surface area contributed by atoms with Crippen molar-refractivity contribution in [2.24, 2.45) is 0 Å². The van der Waals surface area contributed by atoms with Crippen molar-refractivity contribution in [3.05, 3.63) is 58.1 Å². The van der Waals surface area contributed by atoms with Gasteiger partial charge in [-0.25, -0.2) is 9.59 Å². The maximum absolute atomic E-state index is 12.5. The number of esters is 2. The number of carbonyl (C=O) groups excluding carboxylic acids is 2. The first-order valence-corrected chi connectivity index (χ1v) is 10.8. The third-order valence-electron chi connectivity index (χ3n) is 4.14. The summed E-state index contributed by atoms with van der Waals surface area (Å²) in [5.41, 5.74) is 0.728. The van der Waals surface area contributed by atoms with Crippen LogP contribution in [0.2, 0.25) is 0 Å². The molecule has 0 spiro atoms. The summed E-state index contributed by atoms with van der Waals surface area (Å²) in [6, 6.07) is 11.5. The van der Waals surface area contributed by atoms with Crippen LogP contribution in [0.1, 0.15) is 66.7 Å². The maximum Gasteiger partial charge on any atom is 0.343 e. The predicted molar refractivity (Wildman–Crippen MR) is 116 cm³/mol. The van der Waals surface area contributed by atoms with E-state index < -0.39 is 11.9 Å². The number of benzene rings is 2. The molecule has 0 aliphatic carbocycles. The summed E-state index contributed by atoms with van der Waals surface area (Å²) in [6.07, 6.45) is 5.27. The molecule has 29 heavy (non-hydrogen) atoms. The van der Waals surface area contributed by atoms with E-state index in [0.29, 0.717) is 34.6 Å². The first-order valence-electron chi connectivity index (χ1n) is 9.96. The minimum atomic E-state index is -0.515. The van der Waals surface area contributed by atoms with Gasteiger partial charge in [-0.05, 0) is 65.2 Å². The Hall–Kier alpha value is -2.34. The Balaban J connectivity index is 1.97. The van der Waals surface area contributed by atoms with Crippen LogP contribution in [0.15, 0.2) is 46.9 Å². The number of carbonyl (C=O) groups is 2. The summed E-state index contributed by atoms with van der Waals surface area (Å²) < 4.78 is 17.0. The largest absolute Gasteiger partial charge is 0.492 e. The van der Waals surface area contributed by atoms with Crippen LogP contribution >= 0.6 is 15.9 Å². The lowest BCUT2D eigenvalue weighted by molar-refractivity contribution is 0.0503. The molecule has 2 rings (SSSR count). The van der Waals surface area contributed by atoms with E-state index in [1.165, 1.54) is 18.9 Å². The molecule has 0 amide bonds. The number of rotatable bonds is 11. The minimum absolute atomic E-state index is 0.285. The molecule has 5 nitrogen and oxygen atoms in total. The summed E-state index contributed by atoms with van der Waals surface area (Å²) in [7, 11) is 0. The Kier molecular flexibility index (Phi) is 9.71. The Bertz CT molecular complexity index is 819. The molecule has 2 aromatic rings. The lowest BCUT2D eigenvalue weighted by Crippen LogP contribution is -2.10. The molecule has 0 radical (unpaired) electrons. The van der Waals surface area contributed by atoms with Crippen LogP contribution in [0.4, 0.5) is 0 Å². The summed E-state index contributed by atoms with van der Waals surface area (Å²) in [5, 5.41) is 0. The van der Waals surface area contributed by atoms with Gasteiger partial charge in [-0.3, -0.25) is 0 Å². The summed E-state index contributed by atoms with van der Waals surface area (Å²) in [4.78, 5) is 24.4. The Morgan fingerprint density at radius 1 is 0.862 bits per heavy atom. The summed E-state index contributed by atoms with van der Waals surface area (Å²) in [5.74, 6) is 0.0271. The summed E-state index contributed by atoms with van der Waals surface area (Å²) in [6.45, 7) is 5.09. The van der Waals surface area contributed by atoms with Gasteiger partial charge in [-0.15, -0.1) is 0 Å². The van der Waals surface area contributed by atoms with Gasteiger partial charge < -0.3 is 14.2 Å². The molecule has 0 unspecified atom stereocenters. The second kappa shape index (κ2) is 12.3. The van der Waals surface area contributed by atoms with E-state index in [9.17, 15) is 9.59 Å². The van der Waals surface area contributed by atoms with E-state index in [2.05, 4.69) is 22.9 Å². The van der Waals surface area contributed by atoms with Crippen molar-refractivity contribution in [2.45, 2.75) is 46.0 Å². The molecule has 0 aromatic heterocycles. The lowest BCUT2D eigenvalue weighted by atomic mass is 10.2. The van der Waals surface area contributed by atoms with E-state index in [-0.39, 0.29) is 5.75 Å². The zero-order valence-electron chi connectivity index (χ0n) is 16.9. The predicted octanol–water partition coefficient (Wildman–Crippen LogP) is 6.19. The smallest absolute Gasteiger partial charge is 0.343 e. The van der Waals surface area contributed by atoms with Crippen molar-refractivity contribution in [3.8, 4) is 11.5 Å². The van der Waals surface area contributed by atoms with E-state index in [1.54, 1.807) is 36.4 Å². The van der Waals surface area contributed by atoms with Gasteiger partial charge in [0.1, 0.15) is 11.5 Å². The molecule has 156 valence electrons. The molecule has 0 saturated heterocycles. The average Bonchev–Trinajstić information content (AvgIpc) is 2.73. The average molecular weight is 463 g/mol. The van der Waals surface area contributed by atoms with Crippen molar-refractivity contribution >= 4 is 27.9 Å². The van der Waals surface area contributed by atoms with Crippen molar-refractivity contribution in [1.82, 2.24) is 0 Å². The molecular formula is C23H27BrO5. The number of hydrogen-bond donors (Lipinski definition) is 0. The minimum Gasteiger partial charge on any atom is -0.492 e. The molecule has 0 fully saturated rings. The van der Waals surface area contributed by atoms with Gasteiger partial charge in [0.25, 0.3) is 0 Å². The molecule has 0 atom stereocenters. The molecule has 6 heteroatoms. The van der Waals surface area contributed by atoms with Crippen LogP contribution in [0.3, 0.4) is 0 Å². The number of unbranched alkanes of at least 4 members (excludes halogenated alkanes) is 3. The third-order valence-corrected chi connectivity index (χ3v) is 4.76. The van der Waals surface area contributed by atoms with Gasteiger partial charge in [0, 0.05) is 0 Å².